The predicted molar refractivity (Wildman–Crippen MR) is 88.3 cm³/mol. The molecule has 2 rings (SSSR count). The molecule has 0 aliphatic carbocycles. The van der Waals surface area contributed by atoms with Crippen LogP contribution in [0.3, 0.4) is 0 Å². The van der Waals surface area contributed by atoms with Gasteiger partial charge in [-0.25, -0.2) is 0 Å². The van der Waals surface area contributed by atoms with Crippen LogP contribution >= 0.6 is 47.8 Å². The van der Waals surface area contributed by atoms with Gasteiger partial charge in [-0.1, -0.05) is 22.0 Å². The van der Waals surface area contributed by atoms with Crippen molar-refractivity contribution in [1.82, 2.24) is 0 Å². The lowest BCUT2D eigenvalue weighted by Gasteiger charge is -2.11. The number of nitrogens with two attached hydrogens (primary N) is 1. The van der Waals surface area contributed by atoms with Gasteiger partial charge in [0.15, 0.2) is 0 Å². The summed E-state index contributed by atoms with van der Waals surface area (Å²) in [6.45, 7) is 0. The third-order valence-corrected chi connectivity index (χ3v) is 4.27. The van der Waals surface area contributed by atoms with Crippen LogP contribution in [0.5, 0.6) is 0 Å². The molecule has 6 heteroatoms. The molecule has 0 saturated carbocycles. The van der Waals surface area contributed by atoms with Crippen LogP contribution < -0.4 is 11.1 Å². The summed E-state index contributed by atoms with van der Waals surface area (Å²) in [7, 11) is 0. The Morgan fingerprint density at radius 3 is 2.26 bits per heavy atom. The van der Waals surface area contributed by atoms with E-state index >= 15 is 0 Å². The minimum atomic E-state index is -0.252. The number of amides is 1. The van der Waals surface area contributed by atoms with Crippen LogP contribution in [-0.2, 0) is 0 Å². The summed E-state index contributed by atoms with van der Waals surface area (Å²) < 4.78 is 2.43. The zero-order valence-electron chi connectivity index (χ0n) is 9.58. The normalized spacial score (nSPS) is 10.3. The molecule has 0 atom stereocenters. The fourth-order valence-corrected chi connectivity index (χ4v) is 3.11. The Hall–Kier alpha value is -0.850. The van der Waals surface area contributed by atoms with Gasteiger partial charge in [-0.15, -0.1) is 0 Å². The molecule has 0 heterocycles. The summed E-state index contributed by atoms with van der Waals surface area (Å²) in [6.07, 6.45) is 0. The number of halogens is 3. The van der Waals surface area contributed by atoms with E-state index in [1.165, 1.54) is 0 Å². The monoisotopic (exact) mass is 446 g/mol. The molecular weight excluding hydrogens is 440 g/mol. The van der Waals surface area contributed by atoms with Crippen LogP contribution in [0, 0.1) is 0 Å². The van der Waals surface area contributed by atoms with Crippen molar-refractivity contribution >= 4 is 65.1 Å². The standard InChI is InChI=1S/C13H9Br3N2O/c14-7-4-5-8(11(17)6-7)13(19)18-12-9(15)2-1-3-10(12)16/h1-6H,17H2,(H,18,19). The van der Waals surface area contributed by atoms with Crippen LogP contribution in [0.25, 0.3) is 0 Å². The number of para-hydroxylation sites is 1. The highest BCUT2D eigenvalue weighted by atomic mass is 79.9. The van der Waals surface area contributed by atoms with Gasteiger partial charge in [0.05, 0.1) is 11.3 Å². The molecule has 0 fully saturated rings. The van der Waals surface area contributed by atoms with Crippen molar-refractivity contribution in [3.8, 4) is 0 Å². The Labute approximate surface area is 136 Å². The molecule has 0 aliphatic heterocycles. The first kappa shape index (κ1) is 14.6. The van der Waals surface area contributed by atoms with E-state index in [4.69, 9.17) is 5.73 Å². The number of carbonyl (C=O) groups excluding carboxylic acids is 1. The van der Waals surface area contributed by atoms with Gasteiger partial charge in [0.1, 0.15) is 0 Å². The molecule has 0 spiro atoms. The van der Waals surface area contributed by atoms with Crippen molar-refractivity contribution in [3.63, 3.8) is 0 Å². The van der Waals surface area contributed by atoms with Crippen molar-refractivity contribution in [2.75, 3.05) is 11.1 Å². The number of carbonyl (C=O) groups is 1. The molecule has 2 aromatic carbocycles. The molecule has 2 aromatic rings. The Bertz CT molecular complexity index is 624. The van der Waals surface area contributed by atoms with E-state index in [0.717, 1.165) is 13.4 Å². The highest BCUT2D eigenvalue weighted by Crippen LogP contribution is 2.31. The zero-order chi connectivity index (χ0) is 14.0. The van der Waals surface area contributed by atoms with Crippen LogP contribution in [-0.4, -0.2) is 5.91 Å². The summed E-state index contributed by atoms with van der Waals surface area (Å²) in [5.41, 5.74) is 7.38. The molecule has 19 heavy (non-hydrogen) atoms. The quantitative estimate of drug-likeness (QED) is 0.648. The average Bonchev–Trinajstić information content (AvgIpc) is 2.33. The van der Waals surface area contributed by atoms with Crippen molar-refractivity contribution in [2.45, 2.75) is 0 Å². The molecule has 1 amide bonds. The Morgan fingerprint density at radius 2 is 1.68 bits per heavy atom. The number of anilines is 2. The molecule has 0 radical (unpaired) electrons. The third kappa shape index (κ3) is 3.38. The maximum Gasteiger partial charge on any atom is 0.257 e. The van der Waals surface area contributed by atoms with Gasteiger partial charge in [-0.2, -0.15) is 0 Å². The van der Waals surface area contributed by atoms with E-state index in [1.54, 1.807) is 18.2 Å². The number of rotatable bonds is 2. The summed E-state index contributed by atoms with van der Waals surface area (Å²) in [5, 5.41) is 2.83. The van der Waals surface area contributed by atoms with E-state index in [9.17, 15) is 4.79 Å². The maximum absolute atomic E-state index is 12.2. The summed E-state index contributed by atoms with van der Waals surface area (Å²) in [4.78, 5) is 12.2. The van der Waals surface area contributed by atoms with Gasteiger partial charge < -0.3 is 11.1 Å². The molecule has 3 nitrogen and oxygen atoms in total. The predicted octanol–water partition coefficient (Wildman–Crippen LogP) is 4.81. The van der Waals surface area contributed by atoms with Crippen molar-refractivity contribution in [2.24, 2.45) is 0 Å². The Balaban J connectivity index is 2.31. The topological polar surface area (TPSA) is 55.1 Å². The Kier molecular flexibility index (Phi) is 4.65. The lowest BCUT2D eigenvalue weighted by atomic mass is 10.1. The first-order chi connectivity index (χ1) is 8.99. The highest BCUT2D eigenvalue weighted by molar-refractivity contribution is 9.11. The number of hydrogen-bond acceptors (Lipinski definition) is 2. The van der Waals surface area contributed by atoms with E-state index < -0.39 is 0 Å². The SMILES string of the molecule is Nc1cc(Br)ccc1C(=O)Nc1c(Br)cccc1Br. The van der Waals surface area contributed by atoms with E-state index in [1.807, 2.05) is 18.2 Å². The molecule has 0 saturated heterocycles. The molecule has 0 bridgehead atoms. The highest BCUT2D eigenvalue weighted by Gasteiger charge is 2.13. The second kappa shape index (κ2) is 6.07. The van der Waals surface area contributed by atoms with Crippen molar-refractivity contribution < 1.29 is 4.79 Å². The lowest BCUT2D eigenvalue weighted by molar-refractivity contribution is 0.102. The fourth-order valence-electron chi connectivity index (χ4n) is 1.54. The summed E-state index contributed by atoms with van der Waals surface area (Å²) >= 11 is 10.1. The van der Waals surface area contributed by atoms with Crippen LogP contribution in [0.1, 0.15) is 10.4 Å². The van der Waals surface area contributed by atoms with Gasteiger partial charge in [0.25, 0.3) is 5.91 Å². The van der Waals surface area contributed by atoms with Crippen molar-refractivity contribution in [1.29, 1.82) is 0 Å². The van der Waals surface area contributed by atoms with Gasteiger partial charge >= 0.3 is 0 Å². The fraction of sp³-hybridized carbons (Fsp3) is 0. The van der Waals surface area contributed by atoms with E-state index in [-0.39, 0.29) is 5.91 Å². The molecular formula is C13H9Br3N2O. The van der Waals surface area contributed by atoms with Gasteiger partial charge in [0.2, 0.25) is 0 Å². The minimum absolute atomic E-state index is 0.252. The second-order valence-corrected chi connectivity index (χ2v) is 6.41. The average molecular weight is 449 g/mol. The first-order valence-electron chi connectivity index (χ1n) is 5.29. The van der Waals surface area contributed by atoms with Crippen LogP contribution in [0.2, 0.25) is 0 Å². The van der Waals surface area contributed by atoms with Gasteiger partial charge in [-0.3, -0.25) is 4.79 Å². The molecule has 98 valence electrons. The number of nitrogen functional groups attached to an aromatic ring is 1. The molecule has 0 aliphatic rings. The zero-order valence-corrected chi connectivity index (χ0v) is 14.3. The lowest BCUT2D eigenvalue weighted by Crippen LogP contribution is -2.14. The Morgan fingerprint density at radius 1 is 1.05 bits per heavy atom. The first-order valence-corrected chi connectivity index (χ1v) is 7.67. The van der Waals surface area contributed by atoms with Crippen molar-refractivity contribution in [3.05, 3.63) is 55.4 Å². The number of nitrogens with one attached hydrogen (secondary N) is 1. The largest absolute Gasteiger partial charge is 0.398 e. The summed E-state index contributed by atoms with van der Waals surface area (Å²) in [5.74, 6) is -0.252. The summed E-state index contributed by atoms with van der Waals surface area (Å²) in [6, 6.07) is 10.7. The molecule has 3 N–H and O–H groups in total. The van der Waals surface area contributed by atoms with E-state index in [0.29, 0.717) is 16.9 Å². The van der Waals surface area contributed by atoms with Gasteiger partial charge in [0, 0.05) is 19.1 Å². The van der Waals surface area contributed by atoms with E-state index in [2.05, 4.69) is 53.1 Å². The van der Waals surface area contributed by atoms with Crippen LogP contribution in [0.15, 0.2) is 49.8 Å². The molecule has 0 aromatic heterocycles. The number of benzene rings is 2. The van der Waals surface area contributed by atoms with Crippen LogP contribution in [0.4, 0.5) is 11.4 Å². The third-order valence-electron chi connectivity index (χ3n) is 2.46. The number of hydrogen-bond donors (Lipinski definition) is 2. The van der Waals surface area contributed by atoms with Gasteiger partial charge in [-0.05, 0) is 62.2 Å². The minimum Gasteiger partial charge on any atom is -0.398 e. The smallest absolute Gasteiger partial charge is 0.257 e. The molecule has 0 unspecified atom stereocenters. The second-order valence-electron chi connectivity index (χ2n) is 3.78. The maximum atomic E-state index is 12.2.